The zero-order chi connectivity index (χ0) is 15.1. The molecule has 0 amide bonds. The number of benzene rings is 1. The number of aliphatic hydroxyl groups excluding tert-OH is 1. The monoisotopic (exact) mass is 294 g/mol. The van der Waals surface area contributed by atoms with Crippen molar-refractivity contribution >= 4 is 10.9 Å². The summed E-state index contributed by atoms with van der Waals surface area (Å²) in [6.45, 7) is 4.40. The van der Waals surface area contributed by atoms with Crippen LogP contribution in [0, 0.1) is 0 Å². The molecule has 1 atom stereocenters. The van der Waals surface area contributed by atoms with Crippen LogP contribution in [-0.2, 0) is 6.42 Å². The molecule has 0 saturated heterocycles. The summed E-state index contributed by atoms with van der Waals surface area (Å²) in [5, 5.41) is 10.7. The first-order valence-electron chi connectivity index (χ1n) is 8.12. The third-order valence-electron chi connectivity index (χ3n) is 5.06. The van der Waals surface area contributed by atoms with Gasteiger partial charge in [-0.1, -0.05) is 30.4 Å². The van der Waals surface area contributed by atoms with Crippen LogP contribution in [0.25, 0.3) is 10.9 Å². The van der Waals surface area contributed by atoms with Crippen LogP contribution in [-0.4, -0.2) is 34.7 Å². The normalized spacial score (nSPS) is 23.5. The van der Waals surface area contributed by atoms with Crippen molar-refractivity contribution in [2.45, 2.75) is 25.8 Å². The Kier molecular flexibility index (Phi) is 3.40. The fourth-order valence-electron chi connectivity index (χ4n) is 3.94. The third-order valence-corrected chi connectivity index (χ3v) is 5.06. The number of aromatic amines is 1. The number of para-hydroxylation sites is 1. The minimum absolute atomic E-state index is 0.218. The van der Waals surface area contributed by atoms with E-state index in [2.05, 4.69) is 53.2 Å². The molecule has 3 heterocycles. The molecule has 0 radical (unpaired) electrons. The van der Waals surface area contributed by atoms with Gasteiger partial charge in [0, 0.05) is 36.3 Å². The molecule has 22 heavy (non-hydrogen) atoms. The maximum atomic E-state index is 9.35. The first-order chi connectivity index (χ1) is 10.8. The number of nitrogens with zero attached hydrogens (tertiary/aromatic N) is 1. The first kappa shape index (κ1) is 13.8. The summed E-state index contributed by atoms with van der Waals surface area (Å²) in [6, 6.07) is 8.92. The van der Waals surface area contributed by atoms with E-state index in [-0.39, 0.29) is 6.61 Å². The van der Waals surface area contributed by atoms with E-state index in [9.17, 15) is 5.11 Å². The predicted molar refractivity (Wildman–Crippen MR) is 89.9 cm³/mol. The molecule has 0 fully saturated rings. The number of aromatic nitrogens is 1. The van der Waals surface area contributed by atoms with E-state index in [0.717, 1.165) is 25.9 Å². The Labute approximate surface area is 130 Å². The van der Waals surface area contributed by atoms with Crippen LogP contribution in [0.4, 0.5) is 0 Å². The van der Waals surface area contributed by atoms with Crippen LogP contribution in [0.3, 0.4) is 0 Å². The van der Waals surface area contributed by atoms with E-state index >= 15 is 0 Å². The molecule has 1 aromatic heterocycles. The molecule has 0 spiro atoms. The molecule has 2 N–H and O–H groups in total. The van der Waals surface area contributed by atoms with E-state index in [0.29, 0.717) is 6.04 Å². The molecule has 2 aliphatic rings. The van der Waals surface area contributed by atoms with Crippen molar-refractivity contribution < 1.29 is 5.11 Å². The molecule has 3 nitrogen and oxygen atoms in total. The second-order valence-electron chi connectivity index (χ2n) is 6.21. The Morgan fingerprint density at radius 2 is 2.23 bits per heavy atom. The van der Waals surface area contributed by atoms with Crippen molar-refractivity contribution in [1.29, 1.82) is 0 Å². The molecule has 2 aliphatic heterocycles. The van der Waals surface area contributed by atoms with Gasteiger partial charge >= 0.3 is 0 Å². The lowest BCUT2D eigenvalue weighted by Crippen LogP contribution is -2.38. The standard InChI is InChI=1S/C19H22N2O/c1-2-13-12-21-9-7-16-15-5-3-4-6-17(15)20-19(16)18(21)11-14(13)8-10-22/h2-6,11,18,20,22H,7-10,12H2,1H3/b13-2-. The molecular weight excluding hydrogens is 272 g/mol. The molecule has 0 saturated carbocycles. The highest BCUT2D eigenvalue weighted by Crippen LogP contribution is 2.39. The molecule has 3 heteroatoms. The summed E-state index contributed by atoms with van der Waals surface area (Å²) in [5.74, 6) is 0. The Morgan fingerprint density at radius 3 is 3.05 bits per heavy atom. The minimum atomic E-state index is 0.218. The van der Waals surface area contributed by atoms with E-state index in [1.54, 1.807) is 0 Å². The molecular formula is C19H22N2O. The highest BCUT2D eigenvalue weighted by molar-refractivity contribution is 5.85. The van der Waals surface area contributed by atoms with Crippen LogP contribution >= 0.6 is 0 Å². The average molecular weight is 294 g/mol. The topological polar surface area (TPSA) is 39.3 Å². The number of hydrogen-bond acceptors (Lipinski definition) is 2. The van der Waals surface area contributed by atoms with Crippen molar-refractivity contribution in [1.82, 2.24) is 9.88 Å². The summed E-state index contributed by atoms with van der Waals surface area (Å²) in [7, 11) is 0. The van der Waals surface area contributed by atoms with Gasteiger partial charge in [0.25, 0.3) is 0 Å². The molecule has 0 bridgehead atoms. The van der Waals surface area contributed by atoms with Crippen molar-refractivity contribution in [3.8, 4) is 0 Å². The smallest absolute Gasteiger partial charge is 0.0695 e. The van der Waals surface area contributed by atoms with Gasteiger partial charge in [-0.25, -0.2) is 0 Å². The highest BCUT2D eigenvalue weighted by Gasteiger charge is 2.32. The Bertz CT molecular complexity index is 769. The van der Waals surface area contributed by atoms with Crippen LogP contribution in [0.15, 0.2) is 47.6 Å². The van der Waals surface area contributed by atoms with Gasteiger partial charge in [-0.3, -0.25) is 4.90 Å². The van der Waals surface area contributed by atoms with Crippen LogP contribution < -0.4 is 0 Å². The molecule has 1 aromatic carbocycles. The lowest BCUT2D eigenvalue weighted by atomic mass is 9.88. The molecule has 1 unspecified atom stereocenters. The fraction of sp³-hybridized carbons (Fsp3) is 0.368. The molecule has 4 rings (SSSR count). The second-order valence-corrected chi connectivity index (χ2v) is 6.21. The number of nitrogens with one attached hydrogen (secondary N) is 1. The summed E-state index contributed by atoms with van der Waals surface area (Å²) < 4.78 is 0. The zero-order valence-electron chi connectivity index (χ0n) is 13.0. The van der Waals surface area contributed by atoms with Gasteiger partial charge in [-0.05, 0) is 42.5 Å². The van der Waals surface area contributed by atoms with Crippen LogP contribution in [0.5, 0.6) is 0 Å². The number of hydrogen-bond donors (Lipinski definition) is 2. The Balaban J connectivity index is 1.84. The van der Waals surface area contributed by atoms with Crippen molar-refractivity contribution in [2.75, 3.05) is 19.7 Å². The molecule has 0 aliphatic carbocycles. The van der Waals surface area contributed by atoms with Crippen molar-refractivity contribution in [2.24, 2.45) is 0 Å². The fourth-order valence-corrected chi connectivity index (χ4v) is 3.94. The lowest BCUT2D eigenvalue weighted by Gasteiger charge is -2.39. The zero-order valence-corrected chi connectivity index (χ0v) is 13.0. The molecule has 114 valence electrons. The number of fused-ring (bicyclic) bond motifs is 5. The Morgan fingerprint density at radius 1 is 1.36 bits per heavy atom. The Hall–Kier alpha value is -1.84. The summed E-state index contributed by atoms with van der Waals surface area (Å²) in [5.41, 5.74) is 6.73. The summed E-state index contributed by atoms with van der Waals surface area (Å²) >= 11 is 0. The number of allylic oxidation sites excluding steroid dienone is 1. The number of H-pyrrole nitrogens is 1. The van der Waals surface area contributed by atoms with E-state index in [1.807, 2.05) is 0 Å². The SMILES string of the molecule is C/C=C1/CN2CCc3c([nH]c4ccccc34)C2C=C1CCO. The van der Waals surface area contributed by atoms with Crippen molar-refractivity contribution in [3.63, 3.8) is 0 Å². The van der Waals surface area contributed by atoms with Gasteiger partial charge in [0.2, 0.25) is 0 Å². The van der Waals surface area contributed by atoms with Crippen LogP contribution in [0.1, 0.15) is 30.6 Å². The largest absolute Gasteiger partial charge is 0.396 e. The third kappa shape index (κ3) is 2.04. The number of rotatable bonds is 2. The highest BCUT2D eigenvalue weighted by atomic mass is 16.2. The van der Waals surface area contributed by atoms with Crippen molar-refractivity contribution in [3.05, 3.63) is 58.8 Å². The maximum Gasteiger partial charge on any atom is 0.0695 e. The van der Waals surface area contributed by atoms with E-state index in [1.165, 1.54) is 33.3 Å². The quantitative estimate of drug-likeness (QED) is 0.891. The summed E-state index contributed by atoms with van der Waals surface area (Å²) in [4.78, 5) is 6.18. The van der Waals surface area contributed by atoms with Gasteiger partial charge in [0.1, 0.15) is 0 Å². The van der Waals surface area contributed by atoms with E-state index in [4.69, 9.17) is 0 Å². The first-order valence-corrected chi connectivity index (χ1v) is 8.12. The molecule has 2 aromatic rings. The lowest BCUT2D eigenvalue weighted by molar-refractivity contribution is 0.224. The second kappa shape index (κ2) is 5.41. The van der Waals surface area contributed by atoms with Gasteiger partial charge in [-0.2, -0.15) is 0 Å². The predicted octanol–water partition coefficient (Wildman–Crippen LogP) is 3.34. The number of aliphatic hydroxyl groups is 1. The maximum absolute atomic E-state index is 9.35. The van der Waals surface area contributed by atoms with Crippen LogP contribution in [0.2, 0.25) is 0 Å². The van der Waals surface area contributed by atoms with E-state index < -0.39 is 0 Å². The van der Waals surface area contributed by atoms with Gasteiger partial charge in [0.15, 0.2) is 0 Å². The minimum Gasteiger partial charge on any atom is -0.396 e. The summed E-state index contributed by atoms with van der Waals surface area (Å²) in [6.07, 6.45) is 6.40. The van der Waals surface area contributed by atoms with Gasteiger partial charge in [0.05, 0.1) is 6.04 Å². The average Bonchev–Trinajstić information content (AvgIpc) is 2.93. The van der Waals surface area contributed by atoms with Gasteiger partial charge in [-0.15, -0.1) is 0 Å². The van der Waals surface area contributed by atoms with Gasteiger partial charge < -0.3 is 10.1 Å².